The van der Waals surface area contributed by atoms with Gasteiger partial charge in [0.25, 0.3) is 0 Å². The number of aliphatic hydroxyl groups is 1. The van der Waals surface area contributed by atoms with E-state index in [0.717, 1.165) is 19.3 Å². The van der Waals surface area contributed by atoms with Crippen LogP contribution >= 0.6 is 0 Å². The van der Waals surface area contributed by atoms with Crippen molar-refractivity contribution in [1.82, 2.24) is 0 Å². The van der Waals surface area contributed by atoms with E-state index in [-0.39, 0.29) is 12.0 Å². The molecule has 4 heteroatoms. The van der Waals surface area contributed by atoms with Gasteiger partial charge in [-0.05, 0) is 43.9 Å². The number of esters is 1. The van der Waals surface area contributed by atoms with E-state index in [2.05, 4.69) is 25.5 Å². The van der Waals surface area contributed by atoms with Crippen molar-refractivity contribution >= 4 is 5.97 Å². The van der Waals surface area contributed by atoms with Crippen LogP contribution in [0.25, 0.3) is 0 Å². The fourth-order valence-corrected chi connectivity index (χ4v) is 2.88. The van der Waals surface area contributed by atoms with E-state index in [0.29, 0.717) is 18.8 Å². The highest BCUT2D eigenvalue weighted by Crippen LogP contribution is 2.44. The molecule has 0 radical (unpaired) electrons. The number of carbonyl (C=O) groups excluding carboxylic acids is 1. The van der Waals surface area contributed by atoms with Gasteiger partial charge in [0.1, 0.15) is 5.60 Å². The van der Waals surface area contributed by atoms with Gasteiger partial charge < -0.3 is 9.84 Å². The summed E-state index contributed by atoms with van der Waals surface area (Å²) in [6.07, 6.45) is 1.34. The van der Waals surface area contributed by atoms with Gasteiger partial charge in [-0.25, -0.2) is 9.18 Å². The van der Waals surface area contributed by atoms with Crippen LogP contribution in [0, 0.1) is 11.3 Å². The van der Waals surface area contributed by atoms with Crippen molar-refractivity contribution in [1.29, 1.82) is 0 Å². The summed E-state index contributed by atoms with van der Waals surface area (Å²) in [7, 11) is 0. The minimum absolute atomic E-state index is 0.140. The zero-order chi connectivity index (χ0) is 14.7. The summed E-state index contributed by atoms with van der Waals surface area (Å²) in [5.41, 5.74) is -1.33. The molecule has 1 fully saturated rings. The van der Waals surface area contributed by atoms with Crippen LogP contribution in [0.5, 0.6) is 0 Å². The molecular formula is C15H27FO3. The first-order valence-electron chi connectivity index (χ1n) is 7.30. The second kappa shape index (κ2) is 6.21. The van der Waals surface area contributed by atoms with E-state index in [4.69, 9.17) is 0 Å². The average molecular weight is 274 g/mol. The topological polar surface area (TPSA) is 46.5 Å². The summed E-state index contributed by atoms with van der Waals surface area (Å²) >= 11 is 0. The van der Waals surface area contributed by atoms with Gasteiger partial charge in [-0.2, -0.15) is 0 Å². The molecule has 0 aromatic rings. The van der Waals surface area contributed by atoms with Gasteiger partial charge in [-0.1, -0.05) is 27.2 Å². The van der Waals surface area contributed by atoms with Crippen molar-refractivity contribution < 1.29 is 19.0 Å². The Morgan fingerprint density at radius 1 is 1.42 bits per heavy atom. The van der Waals surface area contributed by atoms with Crippen molar-refractivity contribution in [3.63, 3.8) is 0 Å². The van der Waals surface area contributed by atoms with Gasteiger partial charge in [0.05, 0.1) is 6.61 Å². The predicted octanol–water partition coefficient (Wildman–Crippen LogP) is 3.25. The van der Waals surface area contributed by atoms with Crippen LogP contribution in [0.1, 0.15) is 59.8 Å². The number of carbonyl (C=O) groups is 1. The highest BCUT2D eigenvalue weighted by atomic mass is 19.1. The SMILES string of the molecule is CCOC(=O)C(F)C1(O)CCC(C(C)(C)CC)CC1. The van der Waals surface area contributed by atoms with Crippen molar-refractivity contribution in [3.8, 4) is 0 Å². The molecule has 19 heavy (non-hydrogen) atoms. The molecule has 3 nitrogen and oxygen atoms in total. The summed E-state index contributed by atoms with van der Waals surface area (Å²) < 4.78 is 18.7. The van der Waals surface area contributed by atoms with E-state index in [9.17, 15) is 14.3 Å². The molecule has 0 aliphatic heterocycles. The predicted molar refractivity (Wildman–Crippen MR) is 72.5 cm³/mol. The molecule has 0 bridgehead atoms. The Bertz CT molecular complexity index is 307. The molecule has 1 unspecified atom stereocenters. The molecule has 1 rings (SSSR count). The standard InChI is InChI=1S/C15H27FO3/c1-5-14(3,4)11-7-9-15(18,10-8-11)12(16)13(17)19-6-2/h11-12,18H,5-10H2,1-4H3. The minimum Gasteiger partial charge on any atom is -0.464 e. The summed E-state index contributed by atoms with van der Waals surface area (Å²) in [6.45, 7) is 8.34. The first-order chi connectivity index (χ1) is 8.77. The monoisotopic (exact) mass is 274 g/mol. The largest absolute Gasteiger partial charge is 0.464 e. The molecule has 1 aliphatic rings. The Hall–Kier alpha value is -0.640. The van der Waals surface area contributed by atoms with E-state index in [1.807, 2.05) is 0 Å². The van der Waals surface area contributed by atoms with Crippen molar-refractivity contribution in [2.24, 2.45) is 11.3 Å². The Labute approximate surface area is 115 Å². The number of ether oxygens (including phenoxy) is 1. The zero-order valence-corrected chi connectivity index (χ0v) is 12.5. The van der Waals surface area contributed by atoms with Gasteiger partial charge in [-0.3, -0.25) is 0 Å². The summed E-state index contributed by atoms with van der Waals surface area (Å²) in [6, 6.07) is 0. The number of hydrogen-bond acceptors (Lipinski definition) is 3. The van der Waals surface area contributed by atoms with Crippen molar-refractivity contribution in [3.05, 3.63) is 0 Å². The molecule has 0 aromatic heterocycles. The van der Waals surface area contributed by atoms with Crippen LogP contribution < -0.4 is 0 Å². The molecule has 1 atom stereocenters. The maximum atomic E-state index is 14.0. The lowest BCUT2D eigenvalue weighted by Crippen LogP contribution is -2.48. The Balaban J connectivity index is 2.63. The normalized spacial score (nSPS) is 29.9. The third kappa shape index (κ3) is 3.68. The molecule has 1 aliphatic carbocycles. The minimum atomic E-state index is -1.92. The number of halogens is 1. The van der Waals surface area contributed by atoms with Gasteiger partial charge >= 0.3 is 5.97 Å². The molecule has 0 heterocycles. The molecule has 1 saturated carbocycles. The smallest absolute Gasteiger partial charge is 0.343 e. The third-order valence-electron chi connectivity index (χ3n) is 4.83. The van der Waals surface area contributed by atoms with E-state index < -0.39 is 17.7 Å². The first kappa shape index (κ1) is 16.4. The van der Waals surface area contributed by atoms with E-state index in [1.54, 1.807) is 6.92 Å². The van der Waals surface area contributed by atoms with Crippen LogP contribution in [0.15, 0.2) is 0 Å². The lowest BCUT2D eigenvalue weighted by atomic mass is 9.65. The summed E-state index contributed by atoms with van der Waals surface area (Å²) in [4.78, 5) is 11.4. The molecule has 1 N–H and O–H groups in total. The molecule has 112 valence electrons. The fourth-order valence-electron chi connectivity index (χ4n) is 2.88. The number of alkyl halides is 1. The molecule has 0 amide bonds. The summed E-state index contributed by atoms with van der Waals surface area (Å²) in [5, 5.41) is 10.3. The Morgan fingerprint density at radius 2 is 1.95 bits per heavy atom. The van der Waals surface area contributed by atoms with Gasteiger partial charge in [0.15, 0.2) is 0 Å². The first-order valence-corrected chi connectivity index (χ1v) is 7.30. The highest BCUT2D eigenvalue weighted by Gasteiger charge is 2.47. The molecule has 0 spiro atoms. The second-order valence-corrected chi connectivity index (χ2v) is 6.33. The van der Waals surface area contributed by atoms with Gasteiger partial charge in [0.2, 0.25) is 6.17 Å². The molecule has 0 aromatic carbocycles. The maximum absolute atomic E-state index is 14.0. The van der Waals surface area contributed by atoms with Gasteiger partial charge in [0, 0.05) is 0 Å². The lowest BCUT2D eigenvalue weighted by molar-refractivity contribution is -0.165. The maximum Gasteiger partial charge on any atom is 0.343 e. The Morgan fingerprint density at radius 3 is 2.37 bits per heavy atom. The van der Waals surface area contributed by atoms with Crippen molar-refractivity contribution in [2.45, 2.75) is 71.6 Å². The summed E-state index contributed by atoms with van der Waals surface area (Å²) in [5.74, 6) is -0.453. The van der Waals surface area contributed by atoms with Crippen LogP contribution in [-0.4, -0.2) is 29.5 Å². The zero-order valence-electron chi connectivity index (χ0n) is 12.5. The molecular weight excluding hydrogens is 247 g/mol. The third-order valence-corrected chi connectivity index (χ3v) is 4.83. The van der Waals surface area contributed by atoms with Gasteiger partial charge in [-0.15, -0.1) is 0 Å². The highest BCUT2D eigenvalue weighted by molar-refractivity contribution is 5.76. The molecule has 0 saturated heterocycles. The van der Waals surface area contributed by atoms with Crippen LogP contribution in [0.3, 0.4) is 0 Å². The number of rotatable bonds is 5. The van der Waals surface area contributed by atoms with E-state index in [1.165, 1.54) is 0 Å². The number of hydrogen-bond donors (Lipinski definition) is 1. The van der Waals surface area contributed by atoms with Crippen LogP contribution in [0.2, 0.25) is 0 Å². The second-order valence-electron chi connectivity index (χ2n) is 6.33. The van der Waals surface area contributed by atoms with Crippen LogP contribution in [0.4, 0.5) is 4.39 Å². The Kier molecular flexibility index (Phi) is 5.36. The van der Waals surface area contributed by atoms with Crippen LogP contribution in [-0.2, 0) is 9.53 Å². The van der Waals surface area contributed by atoms with E-state index >= 15 is 0 Å². The average Bonchev–Trinajstić information content (AvgIpc) is 2.38. The lowest BCUT2D eigenvalue weighted by Gasteiger charge is -2.43. The quantitative estimate of drug-likeness (QED) is 0.783. The van der Waals surface area contributed by atoms with Crippen molar-refractivity contribution in [2.75, 3.05) is 6.61 Å². The fraction of sp³-hybridized carbons (Fsp3) is 0.933.